The normalized spacial score (nSPS) is 23.1. The zero-order valence-corrected chi connectivity index (χ0v) is 33.2. The highest BCUT2D eigenvalue weighted by molar-refractivity contribution is 7.99. The van der Waals surface area contributed by atoms with Crippen LogP contribution >= 0.6 is 11.8 Å². The molecule has 3 amide bonds. The lowest BCUT2D eigenvalue weighted by molar-refractivity contribution is -0.157. The molecule has 0 aliphatic carbocycles. The molecular weight excluding hydrogens is 723 g/mol. The van der Waals surface area contributed by atoms with Crippen LogP contribution in [0.25, 0.3) is 0 Å². The summed E-state index contributed by atoms with van der Waals surface area (Å²) in [4.78, 5) is 73.2. The smallest absolute Gasteiger partial charge is 0.328 e. The second-order valence-corrected chi connectivity index (χ2v) is 16.6. The van der Waals surface area contributed by atoms with Gasteiger partial charge in [-0.1, -0.05) is 103 Å². The number of ether oxygens (including phenoxy) is 1. The van der Waals surface area contributed by atoms with Gasteiger partial charge in [0.2, 0.25) is 17.7 Å². The second kappa shape index (κ2) is 20.5. The first-order valence-electron chi connectivity index (χ1n) is 20.2. The molecule has 1 unspecified atom stereocenters. The Labute approximate surface area is 335 Å². The van der Waals surface area contributed by atoms with E-state index >= 15 is 0 Å². The van der Waals surface area contributed by atoms with Crippen LogP contribution in [0.2, 0.25) is 0 Å². The third-order valence-electron chi connectivity index (χ3n) is 11.5. The van der Waals surface area contributed by atoms with Crippen LogP contribution in [0.5, 0.6) is 0 Å². The van der Waals surface area contributed by atoms with E-state index < -0.39 is 35.8 Å². The average molecular weight is 778 g/mol. The van der Waals surface area contributed by atoms with E-state index in [-0.39, 0.29) is 35.3 Å². The number of nitrogens with one attached hydrogen (secondary N) is 1. The maximum atomic E-state index is 14.4. The van der Waals surface area contributed by atoms with Crippen molar-refractivity contribution in [3.05, 3.63) is 120 Å². The van der Waals surface area contributed by atoms with Crippen LogP contribution in [0.4, 0.5) is 0 Å². The van der Waals surface area contributed by atoms with Crippen molar-refractivity contribution in [3.63, 3.8) is 0 Å². The fourth-order valence-electron chi connectivity index (χ4n) is 8.36. The number of methoxy groups -OCH3 is 1. The number of hydrogen-bond donors (Lipinski definition) is 1. The number of rotatable bonds is 15. The summed E-state index contributed by atoms with van der Waals surface area (Å²) < 4.78 is 5.09. The minimum atomic E-state index is -0.700. The molecule has 3 aromatic rings. The van der Waals surface area contributed by atoms with E-state index in [1.807, 2.05) is 102 Å². The molecule has 3 heterocycles. The van der Waals surface area contributed by atoms with Gasteiger partial charge in [-0.15, -0.1) is 11.8 Å². The number of ketones is 1. The molecule has 3 aliphatic rings. The van der Waals surface area contributed by atoms with E-state index in [0.29, 0.717) is 58.0 Å². The number of fused-ring (bicyclic) bond motifs is 1. The molecule has 9 nitrogen and oxygen atoms in total. The lowest BCUT2D eigenvalue weighted by atomic mass is 9.82. The van der Waals surface area contributed by atoms with Crippen molar-refractivity contribution >= 4 is 41.2 Å². The molecule has 0 aromatic heterocycles. The van der Waals surface area contributed by atoms with Crippen molar-refractivity contribution in [2.45, 2.75) is 94.6 Å². The molecule has 3 aromatic carbocycles. The van der Waals surface area contributed by atoms with Crippen LogP contribution in [-0.2, 0) is 48.1 Å². The summed E-state index contributed by atoms with van der Waals surface area (Å²) in [5, 5.41) is 3.05. The lowest BCUT2D eigenvalue weighted by Gasteiger charge is -2.40. The molecule has 0 spiro atoms. The standard InChI is InChI=1S/C46H55N3O6S/c1-55-46(54)40-22-14-23-42-49(40)44(52)38(26-28-56-42)31-41(50)36(29-33-15-6-2-7-16-33)24-25-37(30-34-17-8-3-9-18-34)43(51)47-39-21-12-5-13-27-48(45(39)53)32-35-19-10-4-11-20-35/h2-12,15-20,36-40,42H,13-14,21-32H2,1H3,(H,47,51)/b12-5-/t36-,37-,38-,39?,40+,42+/m1/s1. The monoisotopic (exact) mass is 777 g/mol. The number of nitrogens with zero attached hydrogens (tertiary/aromatic N) is 2. The predicted octanol–water partition coefficient (Wildman–Crippen LogP) is 6.94. The van der Waals surface area contributed by atoms with Crippen LogP contribution in [0.15, 0.2) is 103 Å². The van der Waals surface area contributed by atoms with Gasteiger partial charge < -0.3 is 19.9 Å². The van der Waals surface area contributed by atoms with E-state index in [4.69, 9.17) is 4.74 Å². The van der Waals surface area contributed by atoms with Gasteiger partial charge in [0.25, 0.3) is 0 Å². The van der Waals surface area contributed by atoms with Gasteiger partial charge >= 0.3 is 5.97 Å². The Morgan fingerprint density at radius 3 is 2.07 bits per heavy atom. The maximum absolute atomic E-state index is 14.4. The topological polar surface area (TPSA) is 113 Å². The third-order valence-corrected chi connectivity index (χ3v) is 12.8. The van der Waals surface area contributed by atoms with Gasteiger partial charge in [-0.2, -0.15) is 0 Å². The van der Waals surface area contributed by atoms with Crippen LogP contribution in [0.1, 0.15) is 74.5 Å². The van der Waals surface area contributed by atoms with Crippen molar-refractivity contribution in [2.75, 3.05) is 19.4 Å². The number of amides is 3. The summed E-state index contributed by atoms with van der Waals surface area (Å²) in [5.41, 5.74) is 3.06. The van der Waals surface area contributed by atoms with Crippen LogP contribution in [0.3, 0.4) is 0 Å². The van der Waals surface area contributed by atoms with Gasteiger partial charge in [-0.3, -0.25) is 19.2 Å². The van der Waals surface area contributed by atoms with Crippen molar-refractivity contribution in [2.24, 2.45) is 17.8 Å². The van der Waals surface area contributed by atoms with Gasteiger partial charge in [-0.25, -0.2) is 4.79 Å². The first-order valence-corrected chi connectivity index (χ1v) is 21.3. The average Bonchev–Trinajstić information content (AvgIpc) is 3.38. The molecule has 3 aliphatic heterocycles. The van der Waals surface area contributed by atoms with E-state index in [2.05, 4.69) is 11.4 Å². The number of piperidine rings is 1. The second-order valence-electron chi connectivity index (χ2n) is 15.3. The Morgan fingerprint density at radius 1 is 0.786 bits per heavy atom. The van der Waals surface area contributed by atoms with Crippen LogP contribution in [-0.4, -0.2) is 76.1 Å². The molecule has 0 bridgehead atoms. The Morgan fingerprint density at radius 2 is 1.41 bits per heavy atom. The number of Topliss-reactive ketones (excluding diaryl/α,β-unsaturated/α-hetero) is 1. The summed E-state index contributed by atoms with van der Waals surface area (Å²) >= 11 is 1.69. The van der Waals surface area contributed by atoms with Gasteiger partial charge in [0.05, 0.1) is 12.5 Å². The predicted molar refractivity (Wildman–Crippen MR) is 219 cm³/mol. The number of benzene rings is 3. The van der Waals surface area contributed by atoms with Crippen LogP contribution in [0, 0.1) is 17.8 Å². The number of carbonyl (C=O) groups excluding carboxylic acids is 5. The molecule has 6 rings (SSSR count). The molecule has 0 saturated carbocycles. The highest BCUT2D eigenvalue weighted by Gasteiger charge is 2.44. The largest absolute Gasteiger partial charge is 0.467 e. The third kappa shape index (κ3) is 11.0. The fraction of sp³-hybridized carbons (Fsp3) is 0.457. The highest BCUT2D eigenvalue weighted by atomic mass is 32.2. The fourth-order valence-corrected chi connectivity index (χ4v) is 9.79. The van der Waals surface area contributed by atoms with Crippen LogP contribution < -0.4 is 5.32 Å². The maximum Gasteiger partial charge on any atom is 0.328 e. The van der Waals surface area contributed by atoms with E-state index in [1.165, 1.54) is 7.11 Å². The summed E-state index contributed by atoms with van der Waals surface area (Å²) in [6, 6.07) is 28.3. The Balaban J connectivity index is 1.19. The van der Waals surface area contributed by atoms with Crippen molar-refractivity contribution < 1.29 is 28.7 Å². The van der Waals surface area contributed by atoms with Gasteiger partial charge in [0.1, 0.15) is 17.9 Å². The van der Waals surface area contributed by atoms with Crippen molar-refractivity contribution in [1.29, 1.82) is 0 Å². The zero-order valence-electron chi connectivity index (χ0n) is 32.4. The Kier molecular flexibility index (Phi) is 15.0. The van der Waals surface area contributed by atoms with E-state index in [0.717, 1.165) is 41.7 Å². The highest BCUT2D eigenvalue weighted by Crippen LogP contribution is 2.38. The summed E-state index contributed by atoms with van der Waals surface area (Å²) in [7, 11) is 1.36. The van der Waals surface area contributed by atoms with E-state index in [1.54, 1.807) is 16.7 Å². The van der Waals surface area contributed by atoms with Crippen molar-refractivity contribution in [3.8, 4) is 0 Å². The number of esters is 1. The first-order chi connectivity index (χ1) is 27.3. The minimum absolute atomic E-state index is 0.00182. The molecule has 0 radical (unpaired) electrons. The van der Waals surface area contributed by atoms with Gasteiger partial charge in [0.15, 0.2) is 0 Å². The molecule has 2 saturated heterocycles. The zero-order chi connectivity index (χ0) is 39.3. The van der Waals surface area contributed by atoms with E-state index in [9.17, 15) is 24.0 Å². The molecule has 1 N–H and O–H groups in total. The molecule has 56 heavy (non-hydrogen) atoms. The summed E-state index contributed by atoms with van der Waals surface area (Å²) in [5.74, 6) is -1.54. The molecule has 10 heteroatoms. The van der Waals surface area contributed by atoms with Gasteiger partial charge in [-0.05, 0) is 86.7 Å². The summed E-state index contributed by atoms with van der Waals surface area (Å²) in [6.07, 6.45) is 9.94. The quantitative estimate of drug-likeness (QED) is 0.132. The molecule has 2 fully saturated rings. The Hall–Kier alpha value is -4.70. The van der Waals surface area contributed by atoms with Gasteiger partial charge in [0, 0.05) is 37.3 Å². The molecular formula is C46H55N3O6S. The number of carbonyl (C=O) groups is 5. The molecule has 296 valence electrons. The first kappa shape index (κ1) is 40.9. The number of hydrogen-bond acceptors (Lipinski definition) is 7. The lowest BCUT2D eigenvalue weighted by Crippen LogP contribution is -2.53. The minimum Gasteiger partial charge on any atom is -0.467 e. The summed E-state index contributed by atoms with van der Waals surface area (Å²) in [6.45, 7) is 1.04. The SMILES string of the molecule is COC(=O)[C@@H]1CCC[C@@H]2SCC[C@H](CC(=O)[C@H](CC[C@H](Cc3ccccc3)C(=O)NC3C/C=C\CCN(Cc4ccccc4)C3=O)Cc3ccccc3)C(=O)N21. The number of thioether (sulfide) groups is 1. The molecule has 6 atom stereocenters. The van der Waals surface area contributed by atoms with Crippen molar-refractivity contribution in [1.82, 2.24) is 15.1 Å². The Bertz CT molecular complexity index is 1800.